The van der Waals surface area contributed by atoms with Gasteiger partial charge in [0.05, 0.1) is 5.69 Å². The van der Waals surface area contributed by atoms with Crippen LogP contribution in [0.3, 0.4) is 0 Å². The molecule has 0 spiro atoms. The molecular weight excluding hydrogens is 238 g/mol. The molecule has 4 nitrogen and oxygen atoms in total. The summed E-state index contributed by atoms with van der Waals surface area (Å²) in [5, 5.41) is 3.84. The van der Waals surface area contributed by atoms with Crippen LogP contribution in [0.15, 0.2) is 48.8 Å². The molecular formula is C15H13N3O. The van der Waals surface area contributed by atoms with Gasteiger partial charge in [-0.1, -0.05) is 18.2 Å². The highest BCUT2D eigenvalue weighted by Gasteiger charge is 2.10. The minimum absolute atomic E-state index is 0.105. The lowest BCUT2D eigenvalue weighted by Gasteiger charge is -2.08. The first-order valence-electron chi connectivity index (χ1n) is 6.05. The van der Waals surface area contributed by atoms with Crippen molar-refractivity contribution < 1.29 is 4.79 Å². The van der Waals surface area contributed by atoms with E-state index in [4.69, 9.17) is 0 Å². The van der Waals surface area contributed by atoms with Crippen molar-refractivity contribution in [2.45, 2.75) is 6.92 Å². The van der Waals surface area contributed by atoms with Crippen molar-refractivity contribution in [1.29, 1.82) is 0 Å². The van der Waals surface area contributed by atoms with Crippen molar-refractivity contribution in [2.24, 2.45) is 0 Å². The molecule has 0 aliphatic carbocycles. The van der Waals surface area contributed by atoms with Crippen LogP contribution in [0.1, 0.15) is 15.9 Å². The molecule has 0 radical (unpaired) electrons. The van der Waals surface area contributed by atoms with E-state index in [0.717, 1.165) is 22.3 Å². The Morgan fingerprint density at radius 1 is 1.21 bits per heavy atom. The summed E-state index contributed by atoms with van der Waals surface area (Å²) in [5.41, 5.74) is 3.17. The predicted octanol–water partition coefficient (Wildman–Crippen LogP) is 3.12. The van der Waals surface area contributed by atoms with Gasteiger partial charge in [0.25, 0.3) is 5.91 Å². The summed E-state index contributed by atoms with van der Waals surface area (Å²) in [5.74, 6) is -0.105. The number of aryl methyl sites for hydroxylation is 1. The molecule has 19 heavy (non-hydrogen) atoms. The average molecular weight is 251 g/mol. The Labute approximate surface area is 110 Å². The Bertz CT molecular complexity index is 746. The number of H-pyrrole nitrogens is 1. The lowest BCUT2D eigenvalue weighted by Crippen LogP contribution is -2.13. The summed E-state index contributed by atoms with van der Waals surface area (Å²) in [7, 11) is 0. The summed E-state index contributed by atoms with van der Waals surface area (Å²) >= 11 is 0. The van der Waals surface area contributed by atoms with Gasteiger partial charge in [0.15, 0.2) is 0 Å². The van der Waals surface area contributed by atoms with E-state index in [1.54, 1.807) is 18.5 Å². The number of anilines is 1. The Hall–Kier alpha value is -2.62. The van der Waals surface area contributed by atoms with Gasteiger partial charge in [-0.3, -0.25) is 4.79 Å². The minimum atomic E-state index is -0.105. The van der Waals surface area contributed by atoms with E-state index >= 15 is 0 Å². The van der Waals surface area contributed by atoms with Gasteiger partial charge in [-0.15, -0.1) is 0 Å². The van der Waals surface area contributed by atoms with Crippen LogP contribution in [0.5, 0.6) is 0 Å². The first kappa shape index (κ1) is 11.5. The second-order valence-corrected chi connectivity index (χ2v) is 4.37. The minimum Gasteiger partial charge on any atom is -0.346 e. The van der Waals surface area contributed by atoms with E-state index in [-0.39, 0.29) is 5.91 Å². The molecule has 2 heterocycles. The van der Waals surface area contributed by atoms with E-state index in [1.165, 1.54) is 0 Å². The number of hydrogen-bond donors (Lipinski definition) is 2. The molecule has 0 fully saturated rings. The fourth-order valence-electron chi connectivity index (χ4n) is 2.09. The van der Waals surface area contributed by atoms with Gasteiger partial charge in [0.2, 0.25) is 0 Å². The normalized spacial score (nSPS) is 10.6. The van der Waals surface area contributed by atoms with Crippen LogP contribution in [0.2, 0.25) is 0 Å². The fraction of sp³-hybridized carbons (Fsp3) is 0.0667. The SMILES string of the molecule is Cc1ccccc1C(=O)Nc1ccnc2[nH]ccc12. The van der Waals surface area contributed by atoms with Crippen LogP contribution in [0.25, 0.3) is 11.0 Å². The second-order valence-electron chi connectivity index (χ2n) is 4.37. The third kappa shape index (κ3) is 2.08. The summed E-state index contributed by atoms with van der Waals surface area (Å²) in [6, 6.07) is 11.2. The Kier molecular flexibility index (Phi) is 2.76. The molecule has 0 aliphatic heterocycles. The molecule has 0 saturated heterocycles. The molecule has 3 aromatic rings. The fourth-order valence-corrected chi connectivity index (χ4v) is 2.09. The first-order chi connectivity index (χ1) is 9.25. The van der Waals surface area contributed by atoms with Gasteiger partial charge in [-0.25, -0.2) is 4.98 Å². The number of amides is 1. The lowest BCUT2D eigenvalue weighted by molar-refractivity contribution is 0.102. The van der Waals surface area contributed by atoms with Gasteiger partial charge in [-0.2, -0.15) is 0 Å². The molecule has 0 bridgehead atoms. The van der Waals surface area contributed by atoms with E-state index in [1.807, 2.05) is 37.3 Å². The molecule has 2 N–H and O–H groups in total. The summed E-state index contributed by atoms with van der Waals surface area (Å²) < 4.78 is 0. The zero-order valence-electron chi connectivity index (χ0n) is 10.5. The molecule has 2 aromatic heterocycles. The maximum atomic E-state index is 12.3. The van der Waals surface area contributed by atoms with Crippen molar-refractivity contribution in [3.05, 3.63) is 59.9 Å². The van der Waals surface area contributed by atoms with Crippen LogP contribution in [0, 0.1) is 6.92 Å². The summed E-state index contributed by atoms with van der Waals surface area (Å²) in [6.45, 7) is 1.92. The van der Waals surface area contributed by atoms with Crippen molar-refractivity contribution in [3.8, 4) is 0 Å². The smallest absolute Gasteiger partial charge is 0.255 e. The standard InChI is InChI=1S/C15H13N3O/c1-10-4-2-3-5-11(10)15(19)18-13-7-9-17-14-12(13)6-8-16-14/h2-9H,1H3,(H2,16,17,18,19). The zero-order valence-corrected chi connectivity index (χ0v) is 10.5. The monoisotopic (exact) mass is 251 g/mol. The predicted molar refractivity (Wildman–Crippen MR) is 75.2 cm³/mol. The second kappa shape index (κ2) is 4.57. The Morgan fingerprint density at radius 2 is 2.05 bits per heavy atom. The number of fused-ring (bicyclic) bond motifs is 1. The molecule has 0 saturated carbocycles. The lowest BCUT2D eigenvalue weighted by atomic mass is 10.1. The molecule has 1 amide bonds. The van der Waals surface area contributed by atoms with Gasteiger partial charge in [0, 0.05) is 23.3 Å². The summed E-state index contributed by atoms with van der Waals surface area (Å²) in [4.78, 5) is 19.5. The van der Waals surface area contributed by atoms with E-state index in [2.05, 4.69) is 15.3 Å². The maximum Gasteiger partial charge on any atom is 0.255 e. The van der Waals surface area contributed by atoms with Gasteiger partial charge < -0.3 is 10.3 Å². The largest absolute Gasteiger partial charge is 0.346 e. The molecule has 94 valence electrons. The third-order valence-electron chi connectivity index (χ3n) is 3.10. The van der Waals surface area contributed by atoms with Crippen LogP contribution < -0.4 is 5.32 Å². The highest BCUT2D eigenvalue weighted by atomic mass is 16.1. The molecule has 0 atom stereocenters. The number of carbonyl (C=O) groups excluding carboxylic acids is 1. The number of nitrogens with zero attached hydrogens (tertiary/aromatic N) is 1. The van der Waals surface area contributed by atoms with E-state index in [9.17, 15) is 4.79 Å². The average Bonchev–Trinajstić information content (AvgIpc) is 2.88. The number of nitrogens with one attached hydrogen (secondary N) is 2. The van der Waals surface area contributed by atoms with Crippen molar-refractivity contribution >= 4 is 22.6 Å². The van der Waals surface area contributed by atoms with Crippen LogP contribution in [0.4, 0.5) is 5.69 Å². The van der Waals surface area contributed by atoms with Crippen LogP contribution in [-0.2, 0) is 0 Å². The topological polar surface area (TPSA) is 57.8 Å². The van der Waals surface area contributed by atoms with Crippen LogP contribution >= 0.6 is 0 Å². The van der Waals surface area contributed by atoms with Crippen molar-refractivity contribution in [3.63, 3.8) is 0 Å². The number of hydrogen-bond acceptors (Lipinski definition) is 2. The number of benzene rings is 1. The Morgan fingerprint density at radius 3 is 2.89 bits per heavy atom. The Balaban J connectivity index is 1.95. The first-order valence-corrected chi connectivity index (χ1v) is 6.05. The maximum absolute atomic E-state index is 12.3. The quantitative estimate of drug-likeness (QED) is 0.735. The molecule has 0 aliphatic rings. The van der Waals surface area contributed by atoms with Crippen molar-refractivity contribution in [2.75, 3.05) is 5.32 Å². The van der Waals surface area contributed by atoms with Gasteiger partial charge in [0.1, 0.15) is 5.65 Å². The summed E-state index contributed by atoms with van der Waals surface area (Å²) in [6.07, 6.45) is 3.48. The molecule has 0 unspecified atom stereocenters. The number of aromatic nitrogens is 2. The number of aromatic amines is 1. The van der Waals surface area contributed by atoms with E-state index < -0.39 is 0 Å². The molecule has 4 heteroatoms. The molecule has 1 aromatic carbocycles. The van der Waals surface area contributed by atoms with Gasteiger partial charge >= 0.3 is 0 Å². The third-order valence-corrected chi connectivity index (χ3v) is 3.10. The number of pyridine rings is 1. The number of carbonyl (C=O) groups is 1. The highest BCUT2D eigenvalue weighted by Crippen LogP contribution is 2.21. The van der Waals surface area contributed by atoms with E-state index in [0.29, 0.717) is 5.56 Å². The zero-order chi connectivity index (χ0) is 13.2. The van der Waals surface area contributed by atoms with Crippen molar-refractivity contribution in [1.82, 2.24) is 9.97 Å². The van der Waals surface area contributed by atoms with Crippen LogP contribution in [-0.4, -0.2) is 15.9 Å². The number of rotatable bonds is 2. The molecule has 3 rings (SSSR count). The van der Waals surface area contributed by atoms with Gasteiger partial charge in [-0.05, 0) is 30.7 Å². The highest BCUT2D eigenvalue weighted by molar-refractivity contribution is 6.08.